The SMILES string of the molecule is Cc1ccc(/C=C/c2onc(C)c2S(=O)(=O)N2CCCC(C(=O)Nc3c(C)cc(C)cc3C)C2)cc1. The first kappa shape index (κ1) is 25.9. The van der Waals surface area contributed by atoms with E-state index >= 15 is 0 Å². The van der Waals surface area contributed by atoms with Gasteiger partial charge in [0.1, 0.15) is 5.69 Å². The summed E-state index contributed by atoms with van der Waals surface area (Å²) in [5, 5.41) is 6.97. The first-order valence-corrected chi connectivity index (χ1v) is 13.6. The molecule has 1 unspecified atom stereocenters. The monoisotopic (exact) mass is 507 g/mol. The molecule has 1 aliphatic rings. The lowest BCUT2D eigenvalue weighted by molar-refractivity contribution is -0.120. The van der Waals surface area contributed by atoms with Crippen LogP contribution in [0.2, 0.25) is 0 Å². The molecule has 4 rings (SSSR count). The van der Waals surface area contributed by atoms with Crippen molar-refractivity contribution < 1.29 is 17.7 Å². The topological polar surface area (TPSA) is 92.5 Å². The Bertz CT molecular complexity index is 1380. The molecule has 1 N–H and O–H groups in total. The fourth-order valence-corrected chi connectivity index (χ4v) is 6.53. The number of carbonyl (C=O) groups is 1. The summed E-state index contributed by atoms with van der Waals surface area (Å²) in [6.07, 6.45) is 4.67. The molecule has 1 atom stereocenters. The van der Waals surface area contributed by atoms with Crippen molar-refractivity contribution >= 4 is 33.8 Å². The van der Waals surface area contributed by atoms with Gasteiger partial charge >= 0.3 is 0 Å². The number of sulfonamides is 1. The first-order valence-electron chi connectivity index (χ1n) is 12.2. The van der Waals surface area contributed by atoms with E-state index in [0.29, 0.717) is 25.1 Å². The molecule has 0 spiro atoms. The van der Waals surface area contributed by atoms with Gasteiger partial charge in [0.15, 0.2) is 10.7 Å². The maximum Gasteiger partial charge on any atom is 0.248 e. The quantitative estimate of drug-likeness (QED) is 0.481. The van der Waals surface area contributed by atoms with Gasteiger partial charge in [-0.05, 0) is 70.2 Å². The number of nitrogens with zero attached hydrogens (tertiary/aromatic N) is 2. The predicted octanol–water partition coefficient (Wildman–Crippen LogP) is 5.43. The second-order valence-electron chi connectivity index (χ2n) is 9.67. The van der Waals surface area contributed by atoms with Crippen molar-refractivity contribution in [2.75, 3.05) is 18.4 Å². The Balaban J connectivity index is 1.54. The highest BCUT2D eigenvalue weighted by molar-refractivity contribution is 7.89. The molecule has 1 saturated heterocycles. The number of aryl methyl sites for hydroxylation is 5. The first-order chi connectivity index (χ1) is 17.1. The fraction of sp³-hybridized carbons (Fsp3) is 0.357. The highest BCUT2D eigenvalue weighted by atomic mass is 32.2. The molecule has 190 valence electrons. The molecule has 1 amide bonds. The second kappa shape index (κ2) is 10.4. The lowest BCUT2D eigenvalue weighted by Gasteiger charge is -2.31. The number of nitrogens with one attached hydrogen (secondary N) is 1. The molecular formula is C28H33N3O4S. The summed E-state index contributed by atoms with van der Waals surface area (Å²) in [4.78, 5) is 13.2. The van der Waals surface area contributed by atoms with Gasteiger partial charge in [-0.1, -0.05) is 58.8 Å². The molecule has 36 heavy (non-hydrogen) atoms. The van der Waals surface area contributed by atoms with E-state index in [2.05, 4.69) is 10.5 Å². The van der Waals surface area contributed by atoms with Crippen LogP contribution in [0.25, 0.3) is 12.2 Å². The van der Waals surface area contributed by atoms with Crippen LogP contribution in [0, 0.1) is 40.5 Å². The van der Waals surface area contributed by atoms with Crippen LogP contribution < -0.4 is 5.32 Å². The highest BCUT2D eigenvalue weighted by Crippen LogP contribution is 2.30. The third-order valence-electron chi connectivity index (χ3n) is 6.62. The number of rotatable bonds is 6. The minimum absolute atomic E-state index is 0.0529. The molecule has 0 aliphatic carbocycles. The minimum Gasteiger partial charge on any atom is -0.355 e. The summed E-state index contributed by atoms with van der Waals surface area (Å²) < 4.78 is 34.1. The Morgan fingerprint density at radius 1 is 1.03 bits per heavy atom. The Morgan fingerprint density at radius 3 is 2.36 bits per heavy atom. The van der Waals surface area contributed by atoms with Gasteiger partial charge in [0.05, 0.1) is 5.92 Å². The Labute approximate surface area is 213 Å². The van der Waals surface area contributed by atoms with E-state index in [1.807, 2.05) is 64.1 Å². The molecule has 1 aromatic heterocycles. The van der Waals surface area contributed by atoms with E-state index in [-0.39, 0.29) is 23.1 Å². The summed E-state index contributed by atoms with van der Waals surface area (Å²) >= 11 is 0. The number of hydrogen-bond acceptors (Lipinski definition) is 5. The van der Waals surface area contributed by atoms with E-state index in [0.717, 1.165) is 33.5 Å². The Morgan fingerprint density at radius 2 is 1.69 bits per heavy atom. The summed E-state index contributed by atoms with van der Waals surface area (Å²) in [6.45, 7) is 10.0. The van der Waals surface area contributed by atoms with E-state index in [1.165, 1.54) is 4.31 Å². The van der Waals surface area contributed by atoms with Crippen molar-refractivity contribution in [2.45, 2.75) is 52.4 Å². The van der Waals surface area contributed by atoms with Crippen molar-refractivity contribution in [3.05, 3.63) is 75.7 Å². The molecule has 2 heterocycles. The summed E-state index contributed by atoms with van der Waals surface area (Å²) in [7, 11) is -3.91. The van der Waals surface area contributed by atoms with E-state index in [4.69, 9.17) is 4.52 Å². The zero-order valence-corrected chi connectivity index (χ0v) is 22.3. The van der Waals surface area contributed by atoms with Crippen LogP contribution in [0.5, 0.6) is 0 Å². The van der Waals surface area contributed by atoms with E-state index in [1.54, 1.807) is 19.1 Å². The van der Waals surface area contributed by atoms with Crippen LogP contribution in [0.15, 0.2) is 45.8 Å². The highest BCUT2D eigenvalue weighted by Gasteiger charge is 2.37. The summed E-state index contributed by atoms with van der Waals surface area (Å²) in [5.74, 6) is -0.419. The molecular weight excluding hydrogens is 474 g/mol. The van der Waals surface area contributed by atoms with Gasteiger partial charge in [0, 0.05) is 18.8 Å². The molecule has 0 saturated carbocycles. The lowest BCUT2D eigenvalue weighted by Crippen LogP contribution is -2.44. The number of anilines is 1. The van der Waals surface area contributed by atoms with Crippen LogP contribution in [-0.4, -0.2) is 36.9 Å². The van der Waals surface area contributed by atoms with Gasteiger partial charge in [0.2, 0.25) is 15.9 Å². The van der Waals surface area contributed by atoms with Crippen molar-refractivity contribution in [1.29, 1.82) is 0 Å². The average molecular weight is 508 g/mol. The van der Waals surface area contributed by atoms with Gasteiger partial charge in [-0.15, -0.1) is 0 Å². The minimum atomic E-state index is -3.91. The normalized spacial score (nSPS) is 17.0. The van der Waals surface area contributed by atoms with Crippen LogP contribution >= 0.6 is 0 Å². The van der Waals surface area contributed by atoms with Crippen LogP contribution in [0.1, 0.15) is 52.1 Å². The van der Waals surface area contributed by atoms with Crippen molar-refractivity contribution in [3.8, 4) is 0 Å². The molecule has 8 heteroatoms. The van der Waals surface area contributed by atoms with E-state index in [9.17, 15) is 13.2 Å². The Hall–Kier alpha value is -3.23. The van der Waals surface area contributed by atoms with Gasteiger partial charge in [-0.25, -0.2) is 8.42 Å². The number of piperidine rings is 1. The number of amides is 1. The molecule has 0 radical (unpaired) electrons. The lowest BCUT2D eigenvalue weighted by atomic mass is 9.98. The predicted molar refractivity (Wildman–Crippen MR) is 142 cm³/mol. The smallest absolute Gasteiger partial charge is 0.248 e. The van der Waals surface area contributed by atoms with E-state index < -0.39 is 15.9 Å². The number of benzene rings is 2. The number of carbonyl (C=O) groups excluding carboxylic acids is 1. The standard InChI is InChI=1S/C28H33N3O4S/c1-18-8-10-23(11-9-18)12-13-25-27(22(5)30-35-25)36(33,34)31-14-6-7-24(17-31)28(32)29-26-20(3)15-19(2)16-21(26)4/h8-13,15-16,24H,6-7,14,17H2,1-5H3,(H,29,32)/b13-12+. The molecule has 0 bridgehead atoms. The maximum atomic E-state index is 13.7. The Kier molecular flexibility index (Phi) is 7.47. The third-order valence-corrected chi connectivity index (χ3v) is 8.64. The van der Waals surface area contributed by atoms with Gasteiger partial charge in [0.25, 0.3) is 0 Å². The van der Waals surface area contributed by atoms with Crippen LogP contribution in [0.3, 0.4) is 0 Å². The van der Waals surface area contributed by atoms with Gasteiger partial charge in [-0.3, -0.25) is 4.79 Å². The third kappa shape index (κ3) is 5.44. The molecule has 1 aliphatic heterocycles. The summed E-state index contributed by atoms with van der Waals surface area (Å²) in [5.41, 5.74) is 6.28. The van der Waals surface area contributed by atoms with Crippen molar-refractivity contribution in [1.82, 2.24) is 9.46 Å². The second-order valence-corrected chi connectivity index (χ2v) is 11.5. The molecule has 1 fully saturated rings. The fourth-order valence-electron chi connectivity index (χ4n) is 4.75. The largest absolute Gasteiger partial charge is 0.355 e. The van der Waals surface area contributed by atoms with Crippen LogP contribution in [0.4, 0.5) is 5.69 Å². The van der Waals surface area contributed by atoms with Crippen molar-refractivity contribution in [3.63, 3.8) is 0 Å². The van der Waals surface area contributed by atoms with Crippen molar-refractivity contribution in [2.24, 2.45) is 5.92 Å². The molecule has 2 aromatic carbocycles. The number of aromatic nitrogens is 1. The molecule has 3 aromatic rings. The number of hydrogen-bond donors (Lipinski definition) is 1. The van der Waals surface area contributed by atoms with Gasteiger partial charge < -0.3 is 9.84 Å². The van der Waals surface area contributed by atoms with Crippen LogP contribution in [-0.2, 0) is 14.8 Å². The zero-order chi connectivity index (χ0) is 26.0. The maximum absolute atomic E-state index is 13.7. The van der Waals surface area contributed by atoms with Gasteiger partial charge in [-0.2, -0.15) is 4.31 Å². The summed E-state index contributed by atoms with van der Waals surface area (Å²) in [6, 6.07) is 11.9. The zero-order valence-electron chi connectivity index (χ0n) is 21.5. The molecule has 7 nitrogen and oxygen atoms in total. The average Bonchev–Trinajstić information content (AvgIpc) is 3.22.